The van der Waals surface area contributed by atoms with Gasteiger partial charge in [-0.25, -0.2) is 4.79 Å². The van der Waals surface area contributed by atoms with Crippen molar-refractivity contribution in [1.29, 1.82) is 0 Å². The van der Waals surface area contributed by atoms with Crippen molar-refractivity contribution < 1.29 is 9.90 Å². The zero-order valence-corrected chi connectivity index (χ0v) is 9.12. The van der Waals surface area contributed by atoms with Crippen LogP contribution in [0.3, 0.4) is 0 Å². The van der Waals surface area contributed by atoms with Gasteiger partial charge in [0.15, 0.2) is 0 Å². The average molecular weight is 222 g/mol. The first kappa shape index (κ1) is 10.9. The summed E-state index contributed by atoms with van der Waals surface area (Å²) in [5.41, 5.74) is 2.27. The molecular formula is C11H14N2O3. The van der Waals surface area contributed by atoms with Crippen molar-refractivity contribution in [3.63, 3.8) is 0 Å². The highest BCUT2D eigenvalue weighted by Crippen LogP contribution is 2.35. The van der Waals surface area contributed by atoms with E-state index in [1.807, 2.05) is 6.92 Å². The third-order valence-corrected chi connectivity index (χ3v) is 3.04. The van der Waals surface area contributed by atoms with Gasteiger partial charge in [0, 0.05) is 5.69 Å². The van der Waals surface area contributed by atoms with Crippen LogP contribution in [0.2, 0.25) is 0 Å². The lowest BCUT2D eigenvalue weighted by molar-refractivity contribution is -0.137. The SMILES string of the molecule is CCc1nc(=O)[nH]c2c1C(CC(=O)O)CC2. The van der Waals surface area contributed by atoms with Crippen LogP contribution in [0.5, 0.6) is 0 Å². The molecule has 0 saturated carbocycles. The van der Waals surface area contributed by atoms with Gasteiger partial charge in [0.25, 0.3) is 0 Å². The Bertz CT molecular complexity index is 479. The second-order valence-corrected chi connectivity index (χ2v) is 4.07. The zero-order chi connectivity index (χ0) is 11.7. The van der Waals surface area contributed by atoms with Gasteiger partial charge in [0.2, 0.25) is 0 Å². The lowest BCUT2D eigenvalue weighted by Gasteiger charge is -2.11. The van der Waals surface area contributed by atoms with Gasteiger partial charge < -0.3 is 10.1 Å². The van der Waals surface area contributed by atoms with Gasteiger partial charge in [-0.15, -0.1) is 0 Å². The Morgan fingerprint density at radius 2 is 2.38 bits per heavy atom. The number of fused-ring (bicyclic) bond motifs is 1. The quantitative estimate of drug-likeness (QED) is 0.793. The number of nitrogens with one attached hydrogen (secondary N) is 1. The largest absolute Gasteiger partial charge is 0.481 e. The third kappa shape index (κ3) is 1.85. The first-order chi connectivity index (χ1) is 7.61. The van der Waals surface area contributed by atoms with E-state index in [1.165, 1.54) is 0 Å². The van der Waals surface area contributed by atoms with Crippen LogP contribution in [-0.2, 0) is 17.6 Å². The van der Waals surface area contributed by atoms with Crippen LogP contribution >= 0.6 is 0 Å². The molecule has 5 heteroatoms. The monoisotopic (exact) mass is 222 g/mol. The molecule has 86 valence electrons. The summed E-state index contributed by atoms with van der Waals surface area (Å²) in [6.07, 6.45) is 2.32. The Morgan fingerprint density at radius 3 is 3.00 bits per heavy atom. The number of hydrogen-bond donors (Lipinski definition) is 2. The van der Waals surface area contributed by atoms with E-state index in [0.717, 1.165) is 29.8 Å². The maximum Gasteiger partial charge on any atom is 0.345 e. The summed E-state index contributed by atoms with van der Waals surface area (Å²) in [5.74, 6) is -0.794. The van der Waals surface area contributed by atoms with Gasteiger partial charge in [-0.1, -0.05) is 6.92 Å². The van der Waals surface area contributed by atoms with E-state index in [2.05, 4.69) is 9.97 Å². The maximum absolute atomic E-state index is 11.3. The number of carboxylic acids is 1. The minimum atomic E-state index is -0.800. The molecule has 16 heavy (non-hydrogen) atoms. The Balaban J connectivity index is 2.44. The Morgan fingerprint density at radius 1 is 1.62 bits per heavy atom. The average Bonchev–Trinajstić information content (AvgIpc) is 2.59. The molecule has 5 nitrogen and oxygen atoms in total. The summed E-state index contributed by atoms with van der Waals surface area (Å²) < 4.78 is 0. The minimum absolute atomic E-state index is 0.00630. The van der Waals surface area contributed by atoms with E-state index in [4.69, 9.17) is 5.11 Å². The van der Waals surface area contributed by atoms with E-state index < -0.39 is 5.97 Å². The fourth-order valence-electron chi connectivity index (χ4n) is 2.41. The topological polar surface area (TPSA) is 83.0 Å². The molecule has 0 saturated heterocycles. The van der Waals surface area contributed by atoms with Crippen molar-refractivity contribution in [3.05, 3.63) is 27.4 Å². The van der Waals surface area contributed by atoms with Crippen molar-refractivity contribution in [1.82, 2.24) is 9.97 Å². The number of aryl methyl sites for hydroxylation is 2. The summed E-state index contributed by atoms with van der Waals surface area (Å²) in [5, 5.41) is 8.83. The van der Waals surface area contributed by atoms with Crippen molar-refractivity contribution in [2.75, 3.05) is 0 Å². The Hall–Kier alpha value is -1.65. The van der Waals surface area contributed by atoms with Crippen LogP contribution in [0.4, 0.5) is 0 Å². The Labute approximate surface area is 92.5 Å². The van der Waals surface area contributed by atoms with Crippen LogP contribution in [0.15, 0.2) is 4.79 Å². The van der Waals surface area contributed by atoms with Gasteiger partial charge >= 0.3 is 11.7 Å². The second-order valence-electron chi connectivity index (χ2n) is 4.07. The summed E-state index contributed by atoms with van der Waals surface area (Å²) in [7, 11) is 0. The second kappa shape index (κ2) is 4.08. The van der Waals surface area contributed by atoms with Crippen molar-refractivity contribution in [2.45, 2.75) is 38.5 Å². The number of hydrogen-bond acceptors (Lipinski definition) is 3. The molecule has 0 fully saturated rings. The summed E-state index contributed by atoms with van der Waals surface area (Å²) >= 11 is 0. The predicted molar refractivity (Wildman–Crippen MR) is 57.6 cm³/mol. The number of aromatic nitrogens is 2. The molecule has 1 unspecified atom stereocenters. The molecule has 1 atom stereocenters. The van der Waals surface area contributed by atoms with Gasteiger partial charge in [-0.05, 0) is 30.7 Å². The van der Waals surface area contributed by atoms with E-state index in [9.17, 15) is 9.59 Å². The molecule has 0 spiro atoms. The summed E-state index contributed by atoms with van der Waals surface area (Å²) in [4.78, 5) is 28.6. The molecule has 0 aliphatic heterocycles. The molecule has 0 amide bonds. The fraction of sp³-hybridized carbons (Fsp3) is 0.545. The van der Waals surface area contributed by atoms with Gasteiger partial charge in [0.1, 0.15) is 0 Å². The third-order valence-electron chi connectivity index (χ3n) is 3.04. The van der Waals surface area contributed by atoms with Crippen molar-refractivity contribution in [2.24, 2.45) is 0 Å². The first-order valence-corrected chi connectivity index (χ1v) is 5.45. The van der Waals surface area contributed by atoms with Gasteiger partial charge in [-0.2, -0.15) is 4.98 Å². The molecule has 1 aromatic heterocycles. The van der Waals surface area contributed by atoms with Crippen molar-refractivity contribution >= 4 is 5.97 Å². The number of nitrogens with zero attached hydrogens (tertiary/aromatic N) is 1. The normalized spacial score (nSPS) is 18.4. The lowest BCUT2D eigenvalue weighted by atomic mass is 9.96. The number of H-pyrrole nitrogens is 1. The molecule has 1 aliphatic carbocycles. The Kier molecular flexibility index (Phi) is 2.77. The van der Waals surface area contributed by atoms with Crippen LogP contribution in [0.25, 0.3) is 0 Å². The molecule has 2 N–H and O–H groups in total. The number of rotatable bonds is 3. The lowest BCUT2D eigenvalue weighted by Crippen LogP contribution is -2.17. The maximum atomic E-state index is 11.3. The van der Waals surface area contributed by atoms with E-state index in [1.54, 1.807) is 0 Å². The highest BCUT2D eigenvalue weighted by molar-refractivity contribution is 5.68. The number of aromatic amines is 1. The molecule has 2 rings (SSSR count). The van der Waals surface area contributed by atoms with Crippen LogP contribution in [-0.4, -0.2) is 21.0 Å². The summed E-state index contributed by atoms with van der Waals surface area (Å²) in [6.45, 7) is 1.93. The van der Waals surface area contributed by atoms with Crippen molar-refractivity contribution in [3.8, 4) is 0 Å². The first-order valence-electron chi connectivity index (χ1n) is 5.45. The molecule has 1 aromatic rings. The van der Waals surface area contributed by atoms with Gasteiger partial charge in [-0.3, -0.25) is 4.79 Å². The van der Waals surface area contributed by atoms with E-state index in [-0.39, 0.29) is 18.0 Å². The van der Waals surface area contributed by atoms with Gasteiger partial charge in [0.05, 0.1) is 12.1 Å². The standard InChI is InChI=1S/C11H14N2O3/c1-2-7-10-6(5-9(14)15)3-4-8(10)13-11(16)12-7/h6H,2-5H2,1H3,(H,14,15)(H,12,13,16). The predicted octanol–water partition coefficient (Wildman–Crippen LogP) is 0.837. The van der Waals surface area contributed by atoms with Crippen LogP contribution in [0, 0.1) is 0 Å². The number of aliphatic carboxylic acids is 1. The zero-order valence-electron chi connectivity index (χ0n) is 9.12. The molecule has 0 bridgehead atoms. The molecular weight excluding hydrogens is 208 g/mol. The number of carboxylic acid groups (broad SMARTS) is 1. The molecule has 1 aliphatic rings. The van der Waals surface area contributed by atoms with E-state index in [0.29, 0.717) is 6.42 Å². The van der Waals surface area contributed by atoms with Crippen LogP contribution in [0.1, 0.15) is 42.6 Å². The fourth-order valence-corrected chi connectivity index (χ4v) is 2.41. The molecule has 0 aromatic carbocycles. The highest BCUT2D eigenvalue weighted by Gasteiger charge is 2.28. The molecule has 1 heterocycles. The highest BCUT2D eigenvalue weighted by atomic mass is 16.4. The van der Waals surface area contributed by atoms with E-state index >= 15 is 0 Å². The van der Waals surface area contributed by atoms with Crippen LogP contribution < -0.4 is 5.69 Å². The minimum Gasteiger partial charge on any atom is -0.481 e. The summed E-state index contributed by atoms with van der Waals surface area (Å²) in [6, 6.07) is 0. The smallest absolute Gasteiger partial charge is 0.345 e. The molecule has 0 radical (unpaired) electrons. The number of carbonyl (C=O) groups is 1.